The second-order valence-electron chi connectivity index (χ2n) is 8.60. The van der Waals surface area contributed by atoms with E-state index in [0.29, 0.717) is 47.3 Å². The molecule has 1 atom stereocenters. The summed E-state index contributed by atoms with van der Waals surface area (Å²) >= 11 is 6.47. The fraction of sp³-hybridized carbons (Fsp3) is 0.269. The molecule has 2 aromatic heterocycles. The number of nitrogen functional groups attached to an aromatic ring is 1. The topological polar surface area (TPSA) is 98.4 Å². The minimum Gasteiger partial charge on any atom is -0.490 e. The van der Waals surface area contributed by atoms with E-state index in [1.165, 1.54) is 12.7 Å². The van der Waals surface area contributed by atoms with Crippen molar-refractivity contribution in [1.82, 2.24) is 19.9 Å². The minimum atomic E-state index is 0.338. The molecule has 1 aliphatic heterocycles. The highest BCUT2D eigenvalue weighted by Crippen LogP contribution is 2.34. The molecule has 0 radical (unpaired) electrons. The third-order valence-corrected chi connectivity index (χ3v) is 6.46. The number of fused-ring (bicyclic) bond motifs is 1. The van der Waals surface area contributed by atoms with E-state index in [4.69, 9.17) is 26.8 Å². The third kappa shape index (κ3) is 5.39. The molecule has 4 aromatic rings. The first kappa shape index (κ1) is 23.1. The molecule has 1 saturated heterocycles. The molecule has 0 bridgehead atoms. The number of aromatic nitrogens is 3. The first-order chi connectivity index (χ1) is 17.1. The molecular weight excluding hydrogens is 464 g/mol. The third-order valence-electron chi connectivity index (χ3n) is 6.17. The van der Waals surface area contributed by atoms with E-state index in [0.717, 1.165) is 35.2 Å². The van der Waals surface area contributed by atoms with Crippen LogP contribution in [0.5, 0.6) is 11.5 Å². The van der Waals surface area contributed by atoms with Gasteiger partial charge in [-0.15, -0.1) is 0 Å². The van der Waals surface area contributed by atoms with Crippen LogP contribution in [0.25, 0.3) is 10.9 Å². The number of halogens is 1. The number of nitrogens with one attached hydrogen (secondary N) is 1. The van der Waals surface area contributed by atoms with E-state index in [-0.39, 0.29) is 0 Å². The number of nitrogens with zero attached hydrogens (tertiary/aromatic N) is 4. The Morgan fingerprint density at radius 3 is 2.77 bits per heavy atom. The summed E-state index contributed by atoms with van der Waals surface area (Å²) < 4.78 is 11.9. The normalized spacial score (nSPS) is 15.9. The van der Waals surface area contributed by atoms with Gasteiger partial charge >= 0.3 is 0 Å². The molecule has 1 fully saturated rings. The highest BCUT2D eigenvalue weighted by Gasteiger charge is 2.22. The fourth-order valence-electron chi connectivity index (χ4n) is 4.17. The van der Waals surface area contributed by atoms with Crippen LogP contribution in [0.4, 0.5) is 17.2 Å². The molecule has 3 N–H and O–H groups in total. The Morgan fingerprint density at radius 1 is 1.09 bits per heavy atom. The number of hydrogen-bond donors (Lipinski definition) is 2. The molecule has 0 amide bonds. The van der Waals surface area contributed by atoms with Crippen LogP contribution in [0.3, 0.4) is 0 Å². The van der Waals surface area contributed by atoms with Crippen LogP contribution in [0.2, 0.25) is 5.02 Å². The van der Waals surface area contributed by atoms with Gasteiger partial charge in [0.1, 0.15) is 36.9 Å². The fourth-order valence-corrected chi connectivity index (χ4v) is 4.40. The van der Waals surface area contributed by atoms with Crippen LogP contribution < -0.4 is 20.5 Å². The minimum absolute atomic E-state index is 0.338. The van der Waals surface area contributed by atoms with E-state index in [2.05, 4.69) is 32.2 Å². The zero-order valence-corrected chi connectivity index (χ0v) is 20.2. The Labute approximate surface area is 209 Å². The Balaban J connectivity index is 1.30. The summed E-state index contributed by atoms with van der Waals surface area (Å²) in [6, 6.07) is 15.3. The van der Waals surface area contributed by atoms with Gasteiger partial charge in [-0.25, -0.2) is 9.97 Å². The summed E-state index contributed by atoms with van der Waals surface area (Å²) in [6.45, 7) is 2.05. The molecule has 8 nitrogen and oxygen atoms in total. The number of ether oxygens (including phenoxy) is 2. The predicted molar refractivity (Wildman–Crippen MR) is 138 cm³/mol. The van der Waals surface area contributed by atoms with Crippen molar-refractivity contribution in [2.45, 2.75) is 25.5 Å². The first-order valence-electron chi connectivity index (χ1n) is 11.5. The highest BCUT2D eigenvalue weighted by atomic mass is 35.5. The summed E-state index contributed by atoms with van der Waals surface area (Å²) in [5, 5.41) is 4.59. The number of likely N-dealkylation sites (N-methyl/N-ethyl adjacent to an activating group) is 1. The Hall–Kier alpha value is -3.62. The van der Waals surface area contributed by atoms with E-state index in [1.54, 1.807) is 12.3 Å². The first-order valence-corrected chi connectivity index (χ1v) is 11.9. The van der Waals surface area contributed by atoms with Gasteiger partial charge < -0.3 is 25.4 Å². The van der Waals surface area contributed by atoms with Crippen molar-refractivity contribution in [3.05, 3.63) is 71.8 Å². The predicted octanol–water partition coefficient (Wildman–Crippen LogP) is 5.06. The Kier molecular flexibility index (Phi) is 6.83. The second kappa shape index (κ2) is 10.3. The summed E-state index contributed by atoms with van der Waals surface area (Å²) in [6.07, 6.45) is 5.58. The quantitative estimate of drug-likeness (QED) is 0.331. The van der Waals surface area contributed by atoms with Crippen molar-refractivity contribution in [1.29, 1.82) is 0 Å². The molecule has 2 aromatic carbocycles. The molecule has 0 spiro atoms. The number of benzene rings is 2. The summed E-state index contributed by atoms with van der Waals surface area (Å²) in [7, 11) is 2.13. The summed E-state index contributed by atoms with van der Waals surface area (Å²) in [4.78, 5) is 15.4. The molecule has 1 aliphatic rings. The maximum atomic E-state index is 6.47. The van der Waals surface area contributed by atoms with Gasteiger partial charge in [-0.1, -0.05) is 17.7 Å². The van der Waals surface area contributed by atoms with Crippen LogP contribution >= 0.6 is 11.6 Å². The lowest BCUT2D eigenvalue weighted by Crippen LogP contribution is -2.30. The van der Waals surface area contributed by atoms with Crippen LogP contribution in [0.15, 0.2) is 61.1 Å². The molecule has 9 heteroatoms. The molecule has 3 heterocycles. The van der Waals surface area contributed by atoms with E-state index in [9.17, 15) is 0 Å². The second-order valence-corrected chi connectivity index (χ2v) is 9.00. The van der Waals surface area contributed by atoms with Gasteiger partial charge in [-0.2, -0.15) is 0 Å². The smallest absolute Gasteiger partial charge is 0.144 e. The van der Waals surface area contributed by atoms with Crippen LogP contribution in [0.1, 0.15) is 18.5 Å². The number of likely N-dealkylation sites (tertiary alicyclic amines) is 1. The van der Waals surface area contributed by atoms with Gasteiger partial charge in [0.2, 0.25) is 0 Å². The zero-order valence-electron chi connectivity index (χ0n) is 19.4. The lowest BCUT2D eigenvalue weighted by atomic mass is 10.2. The van der Waals surface area contributed by atoms with E-state index in [1.807, 2.05) is 42.5 Å². The zero-order chi connectivity index (χ0) is 24.2. The monoisotopic (exact) mass is 490 g/mol. The average Bonchev–Trinajstić information content (AvgIpc) is 3.28. The largest absolute Gasteiger partial charge is 0.490 e. The van der Waals surface area contributed by atoms with Gasteiger partial charge in [-0.3, -0.25) is 4.98 Å². The van der Waals surface area contributed by atoms with Crippen molar-refractivity contribution in [3.8, 4) is 11.5 Å². The lowest BCUT2D eigenvalue weighted by molar-refractivity contribution is 0.199. The SMILES string of the molecule is CN1CCCC1COc1cc2ncnc(Nc3ccc(OCc4ccccn4)c(Cl)c3)c2cc1N. The molecular formula is C26H27ClN6O2. The molecule has 0 saturated carbocycles. The van der Waals surface area contributed by atoms with Crippen LogP contribution in [-0.4, -0.2) is 46.1 Å². The molecule has 5 rings (SSSR count). The number of hydrogen-bond acceptors (Lipinski definition) is 8. The number of nitrogens with two attached hydrogens (primary N) is 1. The van der Waals surface area contributed by atoms with Crippen molar-refractivity contribution < 1.29 is 9.47 Å². The summed E-state index contributed by atoms with van der Waals surface area (Å²) in [5.41, 5.74) is 9.22. The van der Waals surface area contributed by atoms with Gasteiger partial charge in [0.05, 0.1) is 21.9 Å². The van der Waals surface area contributed by atoms with Crippen molar-refractivity contribution >= 4 is 39.7 Å². The molecule has 180 valence electrons. The number of anilines is 3. The number of rotatable bonds is 8. The van der Waals surface area contributed by atoms with Gasteiger partial charge in [-0.05, 0) is 62.8 Å². The molecule has 0 aliphatic carbocycles. The van der Waals surface area contributed by atoms with Crippen LogP contribution in [0, 0.1) is 0 Å². The lowest BCUT2D eigenvalue weighted by Gasteiger charge is -2.20. The van der Waals surface area contributed by atoms with Crippen molar-refractivity contribution in [2.75, 3.05) is 31.2 Å². The standard InChI is InChI=1S/C26H27ClN6O2/c1-33-10-4-6-19(33)15-35-25-13-23-20(12-22(25)28)26(31-16-30-23)32-17-7-8-24(21(27)11-17)34-14-18-5-2-3-9-29-18/h2-3,5,7-9,11-13,16,19H,4,6,10,14-15,28H2,1H3,(H,30,31,32). The molecule has 35 heavy (non-hydrogen) atoms. The van der Waals surface area contributed by atoms with Crippen LogP contribution in [-0.2, 0) is 6.61 Å². The molecule has 1 unspecified atom stereocenters. The van der Waals surface area contributed by atoms with Crippen molar-refractivity contribution in [3.63, 3.8) is 0 Å². The average molecular weight is 491 g/mol. The number of pyridine rings is 1. The maximum Gasteiger partial charge on any atom is 0.144 e. The van der Waals surface area contributed by atoms with E-state index >= 15 is 0 Å². The Morgan fingerprint density at radius 2 is 2.00 bits per heavy atom. The van der Waals surface area contributed by atoms with Gasteiger partial charge in [0.25, 0.3) is 0 Å². The van der Waals surface area contributed by atoms with Gasteiger partial charge in [0, 0.05) is 29.4 Å². The van der Waals surface area contributed by atoms with E-state index < -0.39 is 0 Å². The van der Waals surface area contributed by atoms with Gasteiger partial charge in [0.15, 0.2) is 0 Å². The Bertz CT molecular complexity index is 1320. The van der Waals surface area contributed by atoms with Crippen molar-refractivity contribution in [2.24, 2.45) is 0 Å². The highest BCUT2D eigenvalue weighted by molar-refractivity contribution is 6.32. The maximum absolute atomic E-state index is 6.47. The summed E-state index contributed by atoms with van der Waals surface area (Å²) in [5.74, 6) is 1.84.